The summed E-state index contributed by atoms with van der Waals surface area (Å²) >= 11 is 0. The molecule has 1 aliphatic heterocycles. The molecule has 1 unspecified atom stereocenters. The second-order valence-corrected chi connectivity index (χ2v) is 15.5. The van der Waals surface area contributed by atoms with Gasteiger partial charge in [0.05, 0.1) is 23.6 Å². The normalized spacial score (nSPS) is 18.3. The number of fused-ring (bicyclic) bond motifs is 2. The lowest BCUT2D eigenvalue weighted by Crippen LogP contribution is -2.38. The maximum atomic E-state index is 13.7. The minimum Gasteiger partial charge on any atom is -0.484 e. The van der Waals surface area contributed by atoms with Gasteiger partial charge in [-0.1, -0.05) is 45.0 Å². The van der Waals surface area contributed by atoms with Crippen molar-refractivity contribution in [1.82, 2.24) is 39.2 Å². The zero-order valence-corrected chi connectivity index (χ0v) is 32.5. The van der Waals surface area contributed by atoms with Crippen molar-refractivity contribution in [1.29, 1.82) is 0 Å². The summed E-state index contributed by atoms with van der Waals surface area (Å²) in [6, 6.07) is 17.2. The highest BCUT2D eigenvalue weighted by Crippen LogP contribution is 2.39. The number of carbonyl (C=O) groups is 2. The number of carbonyl (C=O) groups excluding carboxylic acids is 1. The van der Waals surface area contributed by atoms with E-state index in [-0.39, 0.29) is 35.6 Å². The monoisotopic (exact) mass is 752 g/mol. The molecule has 1 saturated heterocycles. The molecule has 7 rings (SSSR count). The molecule has 55 heavy (non-hydrogen) atoms. The molecule has 1 aliphatic carbocycles. The summed E-state index contributed by atoms with van der Waals surface area (Å²) in [5.41, 5.74) is 3.83. The molecule has 2 amide bonds. The van der Waals surface area contributed by atoms with Crippen LogP contribution >= 0.6 is 0 Å². The summed E-state index contributed by atoms with van der Waals surface area (Å²) in [6.07, 6.45) is 8.53. The van der Waals surface area contributed by atoms with Gasteiger partial charge in [-0.2, -0.15) is 5.10 Å². The lowest BCUT2D eigenvalue weighted by molar-refractivity contribution is -0.122. The molecule has 2 aliphatic rings. The summed E-state index contributed by atoms with van der Waals surface area (Å²) < 4.78 is 12.0. The number of aromatic nitrogens is 6. The van der Waals surface area contributed by atoms with Crippen molar-refractivity contribution in [2.24, 2.45) is 0 Å². The van der Waals surface area contributed by atoms with E-state index in [0.29, 0.717) is 36.9 Å². The van der Waals surface area contributed by atoms with Crippen molar-refractivity contribution >= 4 is 29.9 Å². The zero-order chi connectivity index (χ0) is 39.3. The van der Waals surface area contributed by atoms with Crippen molar-refractivity contribution in [3.63, 3.8) is 0 Å². The summed E-state index contributed by atoms with van der Waals surface area (Å²) in [7, 11) is 3.95. The lowest BCUT2D eigenvalue weighted by atomic mass is 9.85. The Morgan fingerprint density at radius 1 is 1.04 bits per heavy atom. The van der Waals surface area contributed by atoms with Gasteiger partial charge in [0.25, 0.3) is 12.0 Å². The quantitative estimate of drug-likeness (QED) is 0.157. The van der Waals surface area contributed by atoms with E-state index in [1.165, 1.54) is 6.42 Å². The third kappa shape index (κ3) is 8.99. The summed E-state index contributed by atoms with van der Waals surface area (Å²) in [5.74, 6) is 2.09. The number of pyridine rings is 2. The fourth-order valence-electron chi connectivity index (χ4n) is 7.17. The van der Waals surface area contributed by atoms with Crippen LogP contribution in [0, 0.1) is 0 Å². The van der Waals surface area contributed by atoms with E-state index < -0.39 is 0 Å². The molecule has 4 aromatic heterocycles. The average molecular weight is 753 g/mol. The van der Waals surface area contributed by atoms with E-state index in [9.17, 15) is 9.59 Å². The Morgan fingerprint density at radius 3 is 2.51 bits per heavy atom. The fourth-order valence-corrected chi connectivity index (χ4v) is 7.17. The van der Waals surface area contributed by atoms with Gasteiger partial charge in [-0.05, 0) is 82.4 Å². The maximum absolute atomic E-state index is 13.7. The molecule has 0 saturated carbocycles. The van der Waals surface area contributed by atoms with Crippen LogP contribution in [0.2, 0.25) is 0 Å². The first kappa shape index (κ1) is 39.0. The zero-order valence-electron chi connectivity index (χ0n) is 32.5. The van der Waals surface area contributed by atoms with E-state index in [4.69, 9.17) is 19.7 Å². The molecule has 3 atom stereocenters. The number of hydrogen-bond acceptors (Lipinski definition) is 9. The van der Waals surface area contributed by atoms with Crippen molar-refractivity contribution in [2.45, 2.75) is 89.9 Å². The van der Waals surface area contributed by atoms with Crippen LogP contribution in [0.25, 0.3) is 11.3 Å². The van der Waals surface area contributed by atoms with Gasteiger partial charge >= 0.3 is 6.03 Å². The summed E-state index contributed by atoms with van der Waals surface area (Å²) in [5, 5.41) is 26.9. The summed E-state index contributed by atoms with van der Waals surface area (Å²) in [6.45, 7) is 10.5. The standard InChI is InChI=1S/C39H50N10O3.CH2O2/c1-26-11-9-10-19-47(26)38-43-42-34-17-14-28(25-48(34)38)52-32-16-15-31(29-12-7-8-13-30(29)32)40-37(51)41-35-24-33(39(2,3)4)44-49(35)27-18-20-46(36(50)23-27)22-21-45(5)6;2-1-3/h7-8,12-14,17-18,20,23-26,31-32H,9-11,15-16,19,21-22H2,1-6H3,(H2,40,41,51);1H,(H,2,3)/t26?,31-,32+;/m0./s1. The van der Waals surface area contributed by atoms with E-state index in [1.807, 2.05) is 66.0 Å². The molecule has 0 radical (unpaired) electrons. The summed E-state index contributed by atoms with van der Waals surface area (Å²) in [4.78, 5) is 39.4. The molecule has 292 valence electrons. The van der Waals surface area contributed by atoms with Gasteiger partial charge in [-0.3, -0.25) is 19.3 Å². The molecule has 1 aromatic carbocycles. The Balaban J connectivity index is 0.00000166. The van der Waals surface area contributed by atoms with Crippen LogP contribution in [0.1, 0.15) is 88.8 Å². The van der Waals surface area contributed by atoms with Gasteiger partial charge < -0.3 is 29.5 Å². The highest BCUT2D eigenvalue weighted by molar-refractivity contribution is 5.89. The highest BCUT2D eigenvalue weighted by Gasteiger charge is 2.31. The first-order valence-electron chi connectivity index (χ1n) is 18.8. The predicted molar refractivity (Wildman–Crippen MR) is 211 cm³/mol. The molecular weight excluding hydrogens is 701 g/mol. The Kier molecular flexibility index (Phi) is 11.9. The molecule has 15 heteroatoms. The number of nitrogens with zero attached hydrogens (tertiary/aromatic N) is 8. The van der Waals surface area contributed by atoms with E-state index in [1.54, 1.807) is 21.5 Å². The molecule has 0 spiro atoms. The maximum Gasteiger partial charge on any atom is 0.320 e. The number of urea groups is 1. The molecule has 3 N–H and O–H groups in total. The molecule has 15 nitrogen and oxygen atoms in total. The first-order chi connectivity index (χ1) is 26.4. The third-order valence-corrected chi connectivity index (χ3v) is 10.2. The van der Waals surface area contributed by atoms with Gasteiger partial charge in [-0.25, -0.2) is 9.48 Å². The second-order valence-electron chi connectivity index (χ2n) is 15.5. The second kappa shape index (κ2) is 16.8. The lowest BCUT2D eigenvalue weighted by Gasteiger charge is -2.33. The minimum atomic E-state index is -0.349. The van der Waals surface area contributed by atoms with Crippen molar-refractivity contribution in [2.75, 3.05) is 37.4 Å². The first-order valence-corrected chi connectivity index (χ1v) is 18.8. The number of piperidine rings is 1. The van der Waals surface area contributed by atoms with Crippen LogP contribution < -0.4 is 25.8 Å². The van der Waals surface area contributed by atoms with Gasteiger partial charge in [-0.15, -0.1) is 10.2 Å². The SMILES string of the molecule is CC1CCCCN1c1nnc2ccc(O[C@@H]3CC[C@H](NC(=O)Nc4cc(C(C)(C)C)nn4-c4ccn(CCN(C)C)c(=O)c4)c4ccccc43)cn12.O=CO. The minimum absolute atomic E-state index is 0.128. The van der Waals surface area contributed by atoms with E-state index in [2.05, 4.69) is 65.6 Å². The number of anilines is 2. The Morgan fingerprint density at radius 2 is 1.80 bits per heavy atom. The molecule has 0 bridgehead atoms. The van der Waals surface area contributed by atoms with E-state index >= 15 is 0 Å². The van der Waals surface area contributed by atoms with Crippen molar-refractivity contribution in [3.05, 3.63) is 94.2 Å². The number of rotatable bonds is 9. The van der Waals surface area contributed by atoms with E-state index in [0.717, 1.165) is 60.1 Å². The average Bonchev–Trinajstić information content (AvgIpc) is 3.77. The van der Waals surface area contributed by atoms with Crippen molar-refractivity contribution < 1.29 is 19.4 Å². The van der Waals surface area contributed by atoms with Gasteiger partial charge in [0.1, 0.15) is 17.7 Å². The number of hydrogen-bond donors (Lipinski definition) is 3. The predicted octanol–water partition coefficient (Wildman–Crippen LogP) is 5.79. The number of ether oxygens (including phenoxy) is 1. The largest absolute Gasteiger partial charge is 0.484 e. The van der Waals surface area contributed by atoms with Gasteiger partial charge in [0.2, 0.25) is 5.95 Å². The van der Waals surface area contributed by atoms with Crippen LogP contribution in [-0.4, -0.2) is 84.7 Å². The van der Waals surface area contributed by atoms with Crippen molar-refractivity contribution in [3.8, 4) is 11.4 Å². The fraction of sp³-hybridized carbons (Fsp3) is 0.450. The Hall–Kier alpha value is -5.70. The Bertz CT molecular complexity index is 2170. The molecular formula is C40H52N10O5. The smallest absolute Gasteiger partial charge is 0.320 e. The topological polar surface area (TPSA) is 164 Å². The highest BCUT2D eigenvalue weighted by atomic mass is 16.5. The number of nitrogens with one attached hydrogen (secondary N) is 2. The number of amides is 2. The number of carboxylic acid groups (broad SMARTS) is 1. The molecule has 5 aromatic rings. The third-order valence-electron chi connectivity index (χ3n) is 10.2. The van der Waals surface area contributed by atoms with Crippen LogP contribution in [0.4, 0.5) is 16.6 Å². The number of benzene rings is 1. The van der Waals surface area contributed by atoms with Crippen LogP contribution in [0.5, 0.6) is 5.75 Å². The van der Waals surface area contributed by atoms with Gasteiger partial charge in [0.15, 0.2) is 5.65 Å². The van der Waals surface area contributed by atoms with Crippen LogP contribution in [0.3, 0.4) is 0 Å². The van der Waals surface area contributed by atoms with Crippen LogP contribution in [-0.2, 0) is 16.8 Å². The van der Waals surface area contributed by atoms with Crippen LogP contribution in [0.15, 0.2) is 71.8 Å². The Labute approximate surface area is 320 Å². The molecule has 5 heterocycles. The van der Waals surface area contributed by atoms with Gasteiger partial charge in [0, 0.05) is 49.4 Å². The molecule has 1 fully saturated rings. The number of likely N-dealkylation sites (N-methyl/N-ethyl adjacent to an activating group) is 1.